The van der Waals surface area contributed by atoms with E-state index >= 15 is 0 Å². The van der Waals surface area contributed by atoms with Gasteiger partial charge in [0.15, 0.2) is 0 Å². The molecule has 0 fully saturated rings. The van der Waals surface area contributed by atoms with E-state index in [1.807, 2.05) is 42.5 Å². The maximum atomic E-state index is 13.1. The van der Waals surface area contributed by atoms with Gasteiger partial charge in [0.25, 0.3) is 11.8 Å². The Morgan fingerprint density at radius 1 is 0.968 bits per heavy atom. The van der Waals surface area contributed by atoms with Crippen molar-refractivity contribution in [1.82, 2.24) is 4.90 Å². The summed E-state index contributed by atoms with van der Waals surface area (Å²) < 4.78 is 0. The lowest BCUT2D eigenvalue weighted by Gasteiger charge is -2.13. The van der Waals surface area contributed by atoms with Crippen molar-refractivity contribution >= 4 is 45.4 Å². The molecule has 2 N–H and O–H groups in total. The lowest BCUT2D eigenvalue weighted by molar-refractivity contribution is -0.136. The first kappa shape index (κ1) is 20.1. The fourth-order valence-corrected chi connectivity index (χ4v) is 3.65. The Bertz CT molecular complexity index is 1240. The summed E-state index contributed by atoms with van der Waals surface area (Å²) in [6, 6.07) is 20.4. The number of nitrogens with one attached hydrogen (secondary N) is 2. The number of carbonyl (C=O) groups excluding carboxylic acids is 3. The van der Waals surface area contributed by atoms with Gasteiger partial charge in [0.05, 0.1) is 5.57 Å². The van der Waals surface area contributed by atoms with Gasteiger partial charge in [0, 0.05) is 30.2 Å². The van der Waals surface area contributed by atoms with Crippen molar-refractivity contribution < 1.29 is 14.4 Å². The van der Waals surface area contributed by atoms with Crippen LogP contribution in [0.5, 0.6) is 0 Å². The highest BCUT2D eigenvalue weighted by molar-refractivity contribution is 6.36. The van der Waals surface area contributed by atoms with E-state index in [0.717, 1.165) is 21.4 Å². The molecule has 4 rings (SSSR count). The fraction of sp³-hybridized carbons (Fsp3) is 0.0800. The van der Waals surface area contributed by atoms with Gasteiger partial charge in [-0.1, -0.05) is 54.6 Å². The van der Waals surface area contributed by atoms with Crippen molar-refractivity contribution in [3.63, 3.8) is 0 Å². The molecule has 0 aromatic heterocycles. The monoisotopic (exact) mass is 411 g/mol. The van der Waals surface area contributed by atoms with Crippen LogP contribution in [0.15, 0.2) is 85.1 Å². The number of nitrogens with zero attached hydrogens (tertiary/aromatic N) is 1. The molecular formula is C25H21N3O3. The third-order valence-electron chi connectivity index (χ3n) is 5.02. The molecule has 0 atom stereocenters. The SMILES string of the molecule is C=CCN1C(=O)C(Nc2cccc3ccccc23)=C(c2ccc(NC(C)=O)cc2)C1=O. The number of anilines is 2. The Morgan fingerprint density at radius 3 is 2.39 bits per heavy atom. The topological polar surface area (TPSA) is 78.5 Å². The lowest BCUT2D eigenvalue weighted by atomic mass is 10.0. The normalized spacial score (nSPS) is 13.6. The highest BCUT2D eigenvalue weighted by Gasteiger charge is 2.38. The van der Waals surface area contributed by atoms with Gasteiger partial charge in [-0.05, 0) is 29.1 Å². The number of hydrogen-bond donors (Lipinski definition) is 2. The largest absolute Gasteiger partial charge is 0.350 e. The second-order valence-electron chi connectivity index (χ2n) is 7.17. The summed E-state index contributed by atoms with van der Waals surface area (Å²) in [7, 11) is 0. The number of imide groups is 1. The predicted octanol–water partition coefficient (Wildman–Crippen LogP) is 4.18. The van der Waals surface area contributed by atoms with Crippen LogP contribution in [-0.2, 0) is 14.4 Å². The molecule has 0 saturated carbocycles. The van der Waals surface area contributed by atoms with E-state index < -0.39 is 5.91 Å². The number of rotatable bonds is 6. The van der Waals surface area contributed by atoms with Crippen molar-refractivity contribution in [2.45, 2.75) is 6.92 Å². The number of hydrogen-bond acceptors (Lipinski definition) is 4. The maximum absolute atomic E-state index is 13.1. The Hall–Kier alpha value is -4.19. The molecule has 6 heteroatoms. The van der Waals surface area contributed by atoms with E-state index in [-0.39, 0.29) is 29.6 Å². The molecule has 3 aromatic carbocycles. The van der Waals surface area contributed by atoms with Crippen LogP contribution in [0.2, 0.25) is 0 Å². The molecule has 3 aromatic rings. The highest BCUT2D eigenvalue weighted by atomic mass is 16.2. The van der Waals surface area contributed by atoms with Gasteiger partial charge in [-0.3, -0.25) is 19.3 Å². The minimum Gasteiger partial charge on any atom is -0.350 e. The molecule has 0 bridgehead atoms. The first-order chi connectivity index (χ1) is 15.0. The van der Waals surface area contributed by atoms with E-state index in [4.69, 9.17) is 0 Å². The number of carbonyl (C=O) groups is 3. The molecule has 3 amide bonds. The van der Waals surface area contributed by atoms with Crippen molar-refractivity contribution in [3.8, 4) is 0 Å². The van der Waals surface area contributed by atoms with E-state index in [9.17, 15) is 14.4 Å². The summed E-state index contributed by atoms with van der Waals surface area (Å²) in [5, 5.41) is 7.88. The Morgan fingerprint density at radius 2 is 1.68 bits per heavy atom. The van der Waals surface area contributed by atoms with E-state index in [2.05, 4.69) is 17.2 Å². The van der Waals surface area contributed by atoms with E-state index in [0.29, 0.717) is 11.3 Å². The first-order valence-electron chi connectivity index (χ1n) is 9.84. The minimum absolute atomic E-state index is 0.117. The molecule has 0 radical (unpaired) electrons. The van der Waals surface area contributed by atoms with Gasteiger partial charge in [-0.2, -0.15) is 0 Å². The molecule has 1 aliphatic heterocycles. The molecule has 0 aliphatic carbocycles. The van der Waals surface area contributed by atoms with Crippen molar-refractivity contribution in [1.29, 1.82) is 0 Å². The average Bonchev–Trinajstić information content (AvgIpc) is 2.99. The third-order valence-corrected chi connectivity index (χ3v) is 5.02. The molecular weight excluding hydrogens is 390 g/mol. The molecule has 0 saturated heterocycles. The summed E-state index contributed by atoms with van der Waals surface area (Å²) in [4.78, 5) is 38.7. The van der Waals surface area contributed by atoms with Crippen LogP contribution in [-0.4, -0.2) is 29.2 Å². The third kappa shape index (κ3) is 3.83. The predicted molar refractivity (Wildman–Crippen MR) is 122 cm³/mol. The Balaban J connectivity index is 1.80. The van der Waals surface area contributed by atoms with Crippen molar-refractivity contribution in [2.75, 3.05) is 17.2 Å². The number of benzene rings is 3. The van der Waals surface area contributed by atoms with Crippen LogP contribution in [0.3, 0.4) is 0 Å². The van der Waals surface area contributed by atoms with E-state index in [1.165, 1.54) is 13.0 Å². The van der Waals surface area contributed by atoms with Crippen molar-refractivity contribution in [2.24, 2.45) is 0 Å². The zero-order chi connectivity index (χ0) is 22.0. The van der Waals surface area contributed by atoms with Crippen LogP contribution in [0.1, 0.15) is 12.5 Å². The van der Waals surface area contributed by atoms with Gasteiger partial charge in [-0.25, -0.2) is 0 Å². The minimum atomic E-state index is -0.404. The summed E-state index contributed by atoms with van der Waals surface area (Å²) in [5.74, 6) is -0.978. The van der Waals surface area contributed by atoms with Gasteiger partial charge in [-0.15, -0.1) is 6.58 Å². The van der Waals surface area contributed by atoms with Gasteiger partial charge < -0.3 is 10.6 Å². The smallest absolute Gasteiger partial charge is 0.278 e. The second kappa shape index (κ2) is 8.28. The first-order valence-corrected chi connectivity index (χ1v) is 9.84. The standard InChI is InChI=1S/C25H21N3O3/c1-3-15-28-24(30)22(18-11-13-19(14-12-18)26-16(2)29)23(25(28)31)27-21-10-6-8-17-7-4-5-9-20(17)21/h3-14,27H,1,15H2,2H3,(H,26,29). The Kier molecular flexibility index (Phi) is 5.37. The highest BCUT2D eigenvalue weighted by Crippen LogP contribution is 2.33. The van der Waals surface area contributed by atoms with Crippen LogP contribution < -0.4 is 10.6 Å². The van der Waals surface area contributed by atoms with E-state index in [1.54, 1.807) is 24.3 Å². The Labute approximate surface area is 179 Å². The summed E-state index contributed by atoms with van der Waals surface area (Å²) in [6.45, 7) is 5.20. The van der Waals surface area contributed by atoms with Crippen LogP contribution in [0.25, 0.3) is 16.3 Å². The van der Waals surface area contributed by atoms with Crippen molar-refractivity contribution in [3.05, 3.63) is 90.6 Å². The van der Waals surface area contributed by atoms with Gasteiger partial charge in [0.1, 0.15) is 5.70 Å². The van der Waals surface area contributed by atoms with Crippen LogP contribution in [0, 0.1) is 0 Å². The molecule has 0 spiro atoms. The lowest BCUT2D eigenvalue weighted by Crippen LogP contribution is -2.32. The van der Waals surface area contributed by atoms with Gasteiger partial charge >= 0.3 is 0 Å². The zero-order valence-electron chi connectivity index (χ0n) is 17.0. The average molecular weight is 411 g/mol. The summed E-state index contributed by atoms with van der Waals surface area (Å²) in [6.07, 6.45) is 1.52. The van der Waals surface area contributed by atoms with Crippen LogP contribution in [0.4, 0.5) is 11.4 Å². The molecule has 0 unspecified atom stereocenters. The number of amides is 3. The molecule has 1 aliphatic rings. The molecule has 31 heavy (non-hydrogen) atoms. The quantitative estimate of drug-likeness (QED) is 0.471. The molecule has 154 valence electrons. The summed E-state index contributed by atoms with van der Waals surface area (Å²) in [5.41, 5.74) is 2.44. The van der Waals surface area contributed by atoms with Crippen LogP contribution >= 0.6 is 0 Å². The summed E-state index contributed by atoms with van der Waals surface area (Å²) >= 11 is 0. The second-order valence-corrected chi connectivity index (χ2v) is 7.17. The van der Waals surface area contributed by atoms with Gasteiger partial charge in [0.2, 0.25) is 5.91 Å². The molecule has 6 nitrogen and oxygen atoms in total. The number of fused-ring (bicyclic) bond motifs is 1. The fourth-order valence-electron chi connectivity index (χ4n) is 3.65. The molecule has 1 heterocycles. The maximum Gasteiger partial charge on any atom is 0.278 e. The zero-order valence-corrected chi connectivity index (χ0v) is 17.0.